The van der Waals surface area contributed by atoms with E-state index in [1.54, 1.807) is 23.0 Å². The molecule has 0 saturated carbocycles. The molecule has 0 unspecified atom stereocenters. The Balaban J connectivity index is 1.39. The number of halogens is 2. The van der Waals surface area contributed by atoms with E-state index in [1.165, 1.54) is 0 Å². The minimum atomic E-state index is -0.244. The molecule has 0 spiro atoms. The quantitative estimate of drug-likeness (QED) is 0.569. The molecule has 0 aliphatic carbocycles. The lowest BCUT2D eigenvalue weighted by Gasteiger charge is -2.30. The van der Waals surface area contributed by atoms with Gasteiger partial charge in [-0.3, -0.25) is 9.36 Å². The summed E-state index contributed by atoms with van der Waals surface area (Å²) < 4.78 is 7.26. The van der Waals surface area contributed by atoms with Crippen molar-refractivity contribution >= 4 is 35.1 Å². The van der Waals surface area contributed by atoms with Gasteiger partial charge in [0.2, 0.25) is 11.2 Å². The summed E-state index contributed by atoms with van der Waals surface area (Å²) >= 11 is 12.5. The Morgan fingerprint density at radius 1 is 1.07 bits per heavy atom. The third-order valence-electron chi connectivity index (χ3n) is 4.91. The first-order valence-corrected chi connectivity index (χ1v) is 10.1. The molecule has 3 heterocycles. The number of rotatable bonds is 5. The van der Waals surface area contributed by atoms with Gasteiger partial charge in [0.15, 0.2) is 5.15 Å². The van der Waals surface area contributed by atoms with Gasteiger partial charge in [0, 0.05) is 31.2 Å². The van der Waals surface area contributed by atoms with Crippen LogP contribution >= 0.6 is 23.2 Å². The summed E-state index contributed by atoms with van der Waals surface area (Å²) in [5, 5.41) is 0.450. The maximum absolute atomic E-state index is 12.6. The van der Waals surface area contributed by atoms with Gasteiger partial charge in [0.25, 0.3) is 0 Å². The molecule has 0 radical (unpaired) electrons. The standard InChI is InChI=1S/C20H19Cl2N5O2/c21-17-16(27(19(22)25-17)15-5-2-1-3-6-15)13-29-18(28)14-7-11-26(12-8-14)20-23-9-4-10-24-20/h1-6,9-10,14H,7-8,11-13H2. The highest BCUT2D eigenvalue weighted by Gasteiger charge is 2.28. The summed E-state index contributed by atoms with van der Waals surface area (Å²) in [6.07, 6.45) is 4.80. The molecule has 150 valence electrons. The average Bonchev–Trinajstić information content (AvgIpc) is 3.06. The lowest BCUT2D eigenvalue weighted by molar-refractivity contribution is -0.150. The summed E-state index contributed by atoms with van der Waals surface area (Å²) in [6.45, 7) is 1.42. The molecular weight excluding hydrogens is 413 g/mol. The fourth-order valence-corrected chi connectivity index (χ4v) is 3.94. The van der Waals surface area contributed by atoms with Crippen molar-refractivity contribution in [3.05, 3.63) is 64.9 Å². The molecule has 0 amide bonds. The molecule has 4 rings (SSSR count). The second-order valence-electron chi connectivity index (χ2n) is 6.71. The zero-order valence-corrected chi connectivity index (χ0v) is 17.1. The van der Waals surface area contributed by atoms with Crippen LogP contribution in [0.2, 0.25) is 10.4 Å². The largest absolute Gasteiger partial charge is 0.459 e. The summed E-state index contributed by atoms with van der Waals surface area (Å²) in [7, 11) is 0. The Labute approximate surface area is 178 Å². The van der Waals surface area contributed by atoms with Crippen LogP contribution in [0, 0.1) is 5.92 Å². The van der Waals surface area contributed by atoms with Crippen LogP contribution in [-0.4, -0.2) is 38.6 Å². The van der Waals surface area contributed by atoms with Crippen molar-refractivity contribution in [2.45, 2.75) is 19.4 Å². The topological polar surface area (TPSA) is 73.1 Å². The van der Waals surface area contributed by atoms with Gasteiger partial charge >= 0.3 is 5.97 Å². The predicted octanol–water partition coefficient (Wildman–Crippen LogP) is 3.93. The number of ether oxygens (including phenoxy) is 1. The summed E-state index contributed by atoms with van der Waals surface area (Å²) in [4.78, 5) is 27.3. The van der Waals surface area contributed by atoms with Crippen molar-refractivity contribution in [2.24, 2.45) is 5.92 Å². The Bertz CT molecular complexity index is 973. The molecule has 29 heavy (non-hydrogen) atoms. The van der Waals surface area contributed by atoms with E-state index in [-0.39, 0.29) is 28.9 Å². The molecule has 1 fully saturated rings. The molecule has 0 N–H and O–H groups in total. The number of para-hydroxylation sites is 1. The number of carbonyl (C=O) groups excluding carboxylic acids is 1. The summed E-state index contributed by atoms with van der Waals surface area (Å²) in [6, 6.07) is 11.2. The minimum Gasteiger partial charge on any atom is -0.459 e. The van der Waals surface area contributed by atoms with Crippen molar-refractivity contribution in [3.63, 3.8) is 0 Å². The van der Waals surface area contributed by atoms with Crippen molar-refractivity contribution < 1.29 is 9.53 Å². The number of anilines is 1. The van der Waals surface area contributed by atoms with Crippen LogP contribution in [0.4, 0.5) is 5.95 Å². The van der Waals surface area contributed by atoms with E-state index in [0.29, 0.717) is 37.6 Å². The average molecular weight is 432 g/mol. The highest BCUT2D eigenvalue weighted by atomic mass is 35.5. The van der Waals surface area contributed by atoms with E-state index in [2.05, 4.69) is 19.9 Å². The third kappa shape index (κ3) is 4.36. The van der Waals surface area contributed by atoms with Gasteiger partial charge < -0.3 is 9.64 Å². The number of imidazole rings is 1. The molecule has 1 aliphatic heterocycles. The van der Waals surface area contributed by atoms with E-state index in [9.17, 15) is 4.79 Å². The number of benzene rings is 1. The van der Waals surface area contributed by atoms with Crippen LogP contribution in [0.25, 0.3) is 5.69 Å². The molecule has 1 aromatic carbocycles. The number of nitrogens with zero attached hydrogens (tertiary/aromatic N) is 5. The van der Waals surface area contributed by atoms with Crippen LogP contribution in [0.3, 0.4) is 0 Å². The Morgan fingerprint density at radius 2 is 1.76 bits per heavy atom. The zero-order valence-electron chi connectivity index (χ0n) is 15.5. The van der Waals surface area contributed by atoms with Gasteiger partial charge in [-0.25, -0.2) is 15.0 Å². The first-order chi connectivity index (χ1) is 14.1. The molecule has 1 aliphatic rings. The zero-order chi connectivity index (χ0) is 20.2. The maximum atomic E-state index is 12.6. The van der Waals surface area contributed by atoms with Crippen LogP contribution in [0.5, 0.6) is 0 Å². The molecule has 2 aromatic heterocycles. The number of hydrogen-bond acceptors (Lipinski definition) is 6. The van der Waals surface area contributed by atoms with Crippen LogP contribution in [-0.2, 0) is 16.1 Å². The van der Waals surface area contributed by atoms with E-state index in [1.807, 2.05) is 30.3 Å². The first-order valence-electron chi connectivity index (χ1n) is 9.30. The van der Waals surface area contributed by atoms with Crippen molar-refractivity contribution in [1.82, 2.24) is 19.5 Å². The van der Waals surface area contributed by atoms with Crippen molar-refractivity contribution in [1.29, 1.82) is 0 Å². The molecule has 9 heteroatoms. The fourth-order valence-electron chi connectivity index (χ4n) is 3.39. The molecule has 1 saturated heterocycles. The Morgan fingerprint density at radius 3 is 2.45 bits per heavy atom. The van der Waals surface area contributed by atoms with Crippen LogP contribution in [0.15, 0.2) is 48.8 Å². The minimum absolute atomic E-state index is 0.00823. The van der Waals surface area contributed by atoms with Gasteiger partial charge in [-0.15, -0.1) is 0 Å². The highest BCUT2D eigenvalue weighted by molar-refractivity contribution is 6.33. The van der Waals surface area contributed by atoms with E-state index in [4.69, 9.17) is 27.9 Å². The number of esters is 1. The number of aromatic nitrogens is 4. The monoisotopic (exact) mass is 431 g/mol. The normalized spacial score (nSPS) is 14.8. The highest BCUT2D eigenvalue weighted by Crippen LogP contribution is 2.27. The number of carbonyl (C=O) groups is 1. The smallest absolute Gasteiger partial charge is 0.309 e. The molecule has 7 nitrogen and oxygen atoms in total. The van der Waals surface area contributed by atoms with Gasteiger partial charge in [-0.2, -0.15) is 0 Å². The SMILES string of the molecule is O=C(OCc1c(Cl)nc(Cl)n1-c1ccccc1)C1CCN(c2ncccn2)CC1. The van der Waals surface area contributed by atoms with Gasteiger partial charge in [0.1, 0.15) is 12.3 Å². The lowest BCUT2D eigenvalue weighted by atomic mass is 9.97. The van der Waals surface area contributed by atoms with E-state index >= 15 is 0 Å². The van der Waals surface area contributed by atoms with Gasteiger partial charge in [0.05, 0.1) is 5.92 Å². The Hall–Kier alpha value is -2.64. The van der Waals surface area contributed by atoms with Crippen molar-refractivity contribution in [2.75, 3.05) is 18.0 Å². The Kier molecular flexibility index (Phi) is 5.97. The molecular formula is C20H19Cl2N5O2. The summed E-state index contributed by atoms with van der Waals surface area (Å²) in [5.74, 6) is 0.274. The van der Waals surface area contributed by atoms with Crippen LogP contribution in [0.1, 0.15) is 18.5 Å². The summed E-state index contributed by atoms with van der Waals surface area (Å²) in [5.41, 5.74) is 1.35. The van der Waals surface area contributed by atoms with Crippen LogP contribution < -0.4 is 4.90 Å². The second kappa shape index (κ2) is 8.80. The predicted molar refractivity (Wildman–Crippen MR) is 110 cm³/mol. The molecule has 0 atom stereocenters. The molecule has 0 bridgehead atoms. The third-order valence-corrected chi connectivity index (χ3v) is 5.47. The fraction of sp³-hybridized carbons (Fsp3) is 0.300. The number of hydrogen-bond donors (Lipinski definition) is 0. The first kappa shape index (κ1) is 19.7. The van der Waals surface area contributed by atoms with Gasteiger partial charge in [-0.1, -0.05) is 29.8 Å². The molecule has 3 aromatic rings. The number of piperidine rings is 1. The lowest BCUT2D eigenvalue weighted by Crippen LogP contribution is -2.37. The van der Waals surface area contributed by atoms with Crippen molar-refractivity contribution in [3.8, 4) is 5.69 Å². The van der Waals surface area contributed by atoms with Gasteiger partial charge in [-0.05, 0) is 42.6 Å². The van der Waals surface area contributed by atoms with E-state index < -0.39 is 0 Å². The van der Waals surface area contributed by atoms with E-state index in [0.717, 1.165) is 5.69 Å². The second-order valence-corrected chi connectivity index (χ2v) is 7.40. The maximum Gasteiger partial charge on any atom is 0.309 e.